The van der Waals surface area contributed by atoms with E-state index in [0.29, 0.717) is 18.5 Å². The van der Waals surface area contributed by atoms with E-state index in [4.69, 9.17) is 0 Å². The van der Waals surface area contributed by atoms with Gasteiger partial charge in [0.2, 0.25) is 5.95 Å². The van der Waals surface area contributed by atoms with Gasteiger partial charge in [-0.3, -0.25) is 9.88 Å². The van der Waals surface area contributed by atoms with Crippen LogP contribution in [-0.4, -0.2) is 55.8 Å². The number of nitrogens with zero attached hydrogens (tertiary/aromatic N) is 5. The summed E-state index contributed by atoms with van der Waals surface area (Å²) in [6.07, 6.45) is 3.53. The quantitative estimate of drug-likeness (QED) is 0.446. The van der Waals surface area contributed by atoms with Crippen molar-refractivity contribution in [1.29, 1.82) is 0 Å². The number of halogens is 1. The fourth-order valence-electron chi connectivity index (χ4n) is 4.47. The van der Waals surface area contributed by atoms with Crippen molar-refractivity contribution in [3.8, 4) is 11.1 Å². The number of aryl methyl sites for hydroxylation is 1. The van der Waals surface area contributed by atoms with Crippen LogP contribution in [0.15, 0.2) is 48.8 Å². The molecule has 0 spiro atoms. The maximum Gasteiger partial charge on any atom is 0.241 e. The number of hydrogen-bond donors (Lipinski definition) is 1. The summed E-state index contributed by atoms with van der Waals surface area (Å²) < 4.78 is 16.6. The smallest absolute Gasteiger partial charge is 0.241 e. The summed E-state index contributed by atoms with van der Waals surface area (Å²) in [6, 6.07) is 12.4. The number of likely N-dealkylation sites (tertiary alicyclic amines) is 1. The molecule has 4 heterocycles. The molecule has 174 valence electrons. The Balaban J connectivity index is 0.00000126. The normalized spacial score (nSPS) is 19.0. The van der Waals surface area contributed by atoms with Crippen molar-refractivity contribution in [1.82, 2.24) is 24.5 Å². The molecule has 0 aliphatic carbocycles. The molecule has 2 atom stereocenters. The van der Waals surface area contributed by atoms with Gasteiger partial charge in [-0.05, 0) is 57.0 Å². The molecular weight excluding hydrogens is 415 g/mol. The fourth-order valence-corrected chi connectivity index (χ4v) is 4.47. The lowest BCUT2D eigenvalue weighted by molar-refractivity contribution is 0.102. The number of rotatable bonds is 4. The highest BCUT2D eigenvalue weighted by atomic mass is 19.1. The van der Waals surface area contributed by atoms with E-state index in [-0.39, 0.29) is 6.04 Å². The molecule has 7 heteroatoms. The molecule has 0 bridgehead atoms. The third-order valence-corrected chi connectivity index (χ3v) is 6.22. The summed E-state index contributed by atoms with van der Waals surface area (Å²) >= 11 is 0. The van der Waals surface area contributed by atoms with Crippen LogP contribution in [0.4, 0.5) is 10.3 Å². The number of alkyl halides is 1. The van der Waals surface area contributed by atoms with Crippen molar-refractivity contribution < 1.29 is 4.39 Å². The second-order valence-corrected chi connectivity index (χ2v) is 8.60. The zero-order chi connectivity index (χ0) is 23.5. The molecule has 1 aliphatic rings. The number of aromatic nitrogens is 4. The predicted octanol–water partition coefficient (Wildman–Crippen LogP) is 5.51. The summed E-state index contributed by atoms with van der Waals surface area (Å²) in [5.74, 6) is 0.473. The van der Waals surface area contributed by atoms with E-state index in [2.05, 4.69) is 63.4 Å². The Morgan fingerprint density at radius 1 is 1.15 bits per heavy atom. The van der Waals surface area contributed by atoms with Crippen LogP contribution in [0.1, 0.15) is 39.8 Å². The van der Waals surface area contributed by atoms with E-state index in [1.54, 1.807) is 6.20 Å². The number of anilines is 1. The van der Waals surface area contributed by atoms with Crippen LogP contribution in [0, 0.1) is 6.92 Å². The maximum atomic E-state index is 14.7. The van der Waals surface area contributed by atoms with E-state index >= 15 is 0 Å². The molecule has 1 aromatic carbocycles. The molecule has 0 saturated carbocycles. The Labute approximate surface area is 194 Å². The first-order valence-corrected chi connectivity index (χ1v) is 11.9. The number of pyridine rings is 1. The van der Waals surface area contributed by atoms with Crippen molar-refractivity contribution in [2.24, 2.45) is 0 Å². The van der Waals surface area contributed by atoms with Gasteiger partial charge in [0.1, 0.15) is 6.17 Å². The standard InChI is InChI=1S/C24H27FN6.C2H6/c1-15(2)30-11-9-22(20(25)14-30)28-24-27-16(3)23-19(8-12-31(23)29-24)17-6-7-21-18(13-17)5-4-10-26-21;1-2/h4-8,10,12-13,15,20,22H,9,11,14H2,1-3H3,(H,28,29);1-2H3. The molecule has 0 amide bonds. The zero-order valence-electron chi connectivity index (χ0n) is 20.1. The largest absolute Gasteiger partial charge is 0.347 e. The fraction of sp³-hybridized carbons (Fsp3) is 0.423. The summed E-state index contributed by atoms with van der Waals surface area (Å²) in [6.45, 7) is 11.5. The first-order valence-electron chi connectivity index (χ1n) is 11.9. The highest BCUT2D eigenvalue weighted by Crippen LogP contribution is 2.30. The third kappa shape index (κ3) is 4.69. The minimum absolute atomic E-state index is 0.269. The molecule has 1 aliphatic heterocycles. The number of fused-ring (bicyclic) bond motifs is 2. The highest BCUT2D eigenvalue weighted by molar-refractivity contribution is 5.89. The van der Waals surface area contributed by atoms with Crippen LogP contribution >= 0.6 is 0 Å². The van der Waals surface area contributed by atoms with Crippen molar-refractivity contribution >= 4 is 22.4 Å². The average molecular weight is 449 g/mol. The van der Waals surface area contributed by atoms with Crippen LogP contribution in [0.25, 0.3) is 27.5 Å². The Kier molecular flexibility index (Phi) is 6.88. The minimum atomic E-state index is -0.942. The van der Waals surface area contributed by atoms with Crippen molar-refractivity contribution in [3.63, 3.8) is 0 Å². The van der Waals surface area contributed by atoms with Crippen LogP contribution < -0.4 is 5.32 Å². The average Bonchev–Trinajstić information content (AvgIpc) is 3.26. The summed E-state index contributed by atoms with van der Waals surface area (Å²) in [5, 5.41) is 8.97. The summed E-state index contributed by atoms with van der Waals surface area (Å²) in [7, 11) is 0. The molecule has 4 aromatic rings. The SMILES string of the molecule is CC.Cc1nc(NC2CCN(C(C)C)CC2F)nn2ccc(-c3ccc4ncccc4c3)c12. The van der Waals surface area contributed by atoms with E-state index < -0.39 is 6.17 Å². The van der Waals surface area contributed by atoms with Crippen LogP contribution in [0.2, 0.25) is 0 Å². The number of hydrogen-bond acceptors (Lipinski definition) is 5. The lowest BCUT2D eigenvalue weighted by Gasteiger charge is -2.37. The van der Waals surface area contributed by atoms with Gasteiger partial charge in [0.25, 0.3) is 0 Å². The zero-order valence-corrected chi connectivity index (χ0v) is 20.1. The van der Waals surface area contributed by atoms with Gasteiger partial charge in [0.15, 0.2) is 0 Å². The Hall–Kier alpha value is -3.06. The second-order valence-electron chi connectivity index (χ2n) is 8.60. The van der Waals surface area contributed by atoms with E-state index in [1.165, 1.54) is 0 Å². The molecule has 1 N–H and O–H groups in total. The molecule has 5 rings (SSSR count). The van der Waals surface area contributed by atoms with Gasteiger partial charge in [-0.2, -0.15) is 0 Å². The van der Waals surface area contributed by atoms with Gasteiger partial charge in [-0.25, -0.2) is 13.9 Å². The maximum absolute atomic E-state index is 14.7. The van der Waals surface area contributed by atoms with Gasteiger partial charge in [-0.15, -0.1) is 5.10 Å². The second kappa shape index (κ2) is 9.83. The highest BCUT2D eigenvalue weighted by Gasteiger charge is 2.31. The Morgan fingerprint density at radius 2 is 1.97 bits per heavy atom. The molecule has 1 fully saturated rings. The summed E-state index contributed by atoms with van der Waals surface area (Å²) in [4.78, 5) is 11.2. The number of nitrogens with one attached hydrogen (secondary N) is 1. The van der Waals surface area contributed by atoms with Crippen molar-refractivity contribution in [2.45, 2.75) is 59.3 Å². The predicted molar refractivity (Wildman–Crippen MR) is 133 cm³/mol. The van der Waals surface area contributed by atoms with Gasteiger partial charge >= 0.3 is 0 Å². The van der Waals surface area contributed by atoms with Crippen molar-refractivity contribution in [3.05, 3.63) is 54.5 Å². The lowest BCUT2D eigenvalue weighted by Crippen LogP contribution is -2.50. The minimum Gasteiger partial charge on any atom is -0.347 e. The first kappa shape index (κ1) is 23.1. The molecule has 33 heavy (non-hydrogen) atoms. The van der Waals surface area contributed by atoms with Crippen molar-refractivity contribution in [2.75, 3.05) is 18.4 Å². The van der Waals surface area contributed by atoms with E-state index in [9.17, 15) is 4.39 Å². The molecule has 6 nitrogen and oxygen atoms in total. The lowest BCUT2D eigenvalue weighted by atomic mass is 10.0. The number of piperidine rings is 1. The Bertz CT molecular complexity index is 1230. The van der Waals surface area contributed by atoms with Gasteiger partial charge in [-0.1, -0.05) is 26.0 Å². The van der Waals surface area contributed by atoms with Gasteiger partial charge < -0.3 is 5.32 Å². The molecule has 0 radical (unpaired) electrons. The molecule has 1 saturated heterocycles. The van der Waals surface area contributed by atoms with Gasteiger partial charge in [0.05, 0.1) is 22.8 Å². The first-order chi connectivity index (χ1) is 16.0. The molecular formula is C26H33FN6. The van der Waals surface area contributed by atoms with Crippen LogP contribution in [0.3, 0.4) is 0 Å². The summed E-state index contributed by atoms with van der Waals surface area (Å²) in [5.41, 5.74) is 4.96. The monoisotopic (exact) mass is 448 g/mol. The van der Waals surface area contributed by atoms with E-state index in [1.807, 2.05) is 43.6 Å². The third-order valence-electron chi connectivity index (χ3n) is 6.22. The Morgan fingerprint density at radius 3 is 2.73 bits per heavy atom. The molecule has 2 unspecified atom stereocenters. The van der Waals surface area contributed by atoms with Crippen LogP contribution in [0.5, 0.6) is 0 Å². The topological polar surface area (TPSA) is 58.4 Å². The van der Waals surface area contributed by atoms with Gasteiger partial charge in [0, 0.05) is 42.5 Å². The molecule has 3 aromatic heterocycles. The number of benzene rings is 1. The van der Waals surface area contributed by atoms with Crippen LogP contribution in [-0.2, 0) is 0 Å². The van der Waals surface area contributed by atoms with E-state index in [0.717, 1.165) is 46.2 Å².